The van der Waals surface area contributed by atoms with Gasteiger partial charge in [0, 0.05) is 10.6 Å². The summed E-state index contributed by atoms with van der Waals surface area (Å²) in [5.74, 6) is -0.448. The monoisotopic (exact) mass is 313 g/mol. The molecule has 0 aliphatic carbocycles. The summed E-state index contributed by atoms with van der Waals surface area (Å²) in [6.45, 7) is 0. The average molecular weight is 314 g/mol. The van der Waals surface area contributed by atoms with E-state index in [9.17, 15) is 14.7 Å². The first-order valence-corrected chi connectivity index (χ1v) is 7.05. The molecule has 2 aromatic carbocycles. The number of phenolic OH excluding ortho intramolecular Hbond substituents is 1. The average Bonchev–Trinajstić information content (AvgIpc) is 2.77. The van der Waals surface area contributed by atoms with E-state index >= 15 is 0 Å². The van der Waals surface area contributed by atoms with Gasteiger partial charge >= 0.3 is 0 Å². The van der Waals surface area contributed by atoms with E-state index in [-0.39, 0.29) is 24.0 Å². The molecule has 1 N–H and O–H groups in total. The number of carbonyl (C=O) groups is 2. The SMILES string of the molecule is O=C1CC(=Cc2ccc(O)cc2)C(=O)N1c1ccc(Cl)cc1. The van der Waals surface area contributed by atoms with E-state index < -0.39 is 0 Å². The van der Waals surface area contributed by atoms with Gasteiger partial charge in [0.05, 0.1) is 12.1 Å². The fourth-order valence-corrected chi connectivity index (χ4v) is 2.44. The van der Waals surface area contributed by atoms with Gasteiger partial charge in [-0.3, -0.25) is 9.59 Å². The van der Waals surface area contributed by atoms with Crippen molar-refractivity contribution in [2.75, 3.05) is 4.90 Å². The minimum absolute atomic E-state index is 0.0579. The first kappa shape index (κ1) is 14.4. The van der Waals surface area contributed by atoms with Crippen LogP contribution in [0.2, 0.25) is 5.02 Å². The fourth-order valence-electron chi connectivity index (χ4n) is 2.31. The number of hydrogen-bond acceptors (Lipinski definition) is 3. The largest absolute Gasteiger partial charge is 0.508 e. The van der Waals surface area contributed by atoms with Crippen molar-refractivity contribution in [1.29, 1.82) is 0 Å². The van der Waals surface area contributed by atoms with Crippen molar-refractivity contribution in [1.82, 2.24) is 0 Å². The quantitative estimate of drug-likeness (QED) is 0.683. The van der Waals surface area contributed by atoms with Crippen LogP contribution in [0.1, 0.15) is 12.0 Å². The Morgan fingerprint density at radius 1 is 1.00 bits per heavy atom. The zero-order chi connectivity index (χ0) is 15.7. The van der Waals surface area contributed by atoms with Crippen LogP contribution >= 0.6 is 11.6 Å². The minimum Gasteiger partial charge on any atom is -0.508 e. The first-order valence-electron chi connectivity index (χ1n) is 6.67. The lowest BCUT2D eigenvalue weighted by Crippen LogP contribution is -2.28. The summed E-state index contributed by atoms with van der Waals surface area (Å²) in [6, 6.07) is 13.0. The van der Waals surface area contributed by atoms with E-state index in [4.69, 9.17) is 11.6 Å². The predicted octanol–water partition coefficient (Wildman–Crippen LogP) is 3.39. The maximum atomic E-state index is 12.4. The van der Waals surface area contributed by atoms with Crippen molar-refractivity contribution in [3.63, 3.8) is 0 Å². The summed E-state index contributed by atoms with van der Waals surface area (Å²) in [5, 5.41) is 9.81. The molecular weight excluding hydrogens is 302 g/mol. The van der Waals surface area contributed by atoms with Crippen LogP contribution in [-0.4, -0.2) is 16.9 Å². The number of halogens is 1. The highest BCUT2D eigenvalue weighted by Gasteiger charge is 2.34. The van der Waals surface area contributed by atoms with Gasteiger partial charge in [0.2, 0.25) is 5.91 Å². The lowest BCUT2D eigenvalue weighted by molar-refractivity contribution is -0.120. The van der Waals surface area contributed by atoms with Crippen LogP contribution in [0.5, 0.6) is 5.75 Å². The van der Waals surface area contributed by atoms with Gasteiger partial charge in [0.15, 0.2) is 0 Å². The van der Waals surface area contributed by atoms with Crippen molar-refractivity contribution in [2.24, 2.45) is 0 Å². The van der Waals surface area contributed by atoms with Crippen LogP contribution in [0.15, 0.2) is 54.1 Å². The van der Waals surface area contributed by atoms with Crippen molar-refractivity contribution in [3.8, 4) is 5.75 Å². The topological polar surface area (TPSA) is 57.6 Å². The lowest BCUT2D eigenvalue weighted by atomic mass is 10.1. The second kappa shape index (κ2) is 5.66. The molecule has 2 amide bonds. The molecule has 1 saturated heterocycles. The number of benzene rings is 2. The molecule has 0 aromatic heterocycles. The highest BCUT2D eigenvalue weighted by atomic mass is 35.5. The summed E-state index contributed by atoms with van der Waals surface area (Å²) < 4.78 is 0. The number of amides is 2. The van der Waals surface area contributed by atoms with Crippen molar-refractivity contribution in [3.05, 3.63) is 64.7 Å². The standard InChI is InChI=1S/C17H12ClNO3/c18-13-3-5-14(6-4-13)19-16(21)10-12(17(19)22)9-11-1-7-15(20)8-2-11/h1-9,20H,10H2. The van der Waals surface area contributed by atoms with Crippen LogP contribution < -0.4 is 4.90 Å². The van der Waals surface area contributed by atoms with Gasteiger partial charge in [-0.1, -0.05) is 23.7 Å². The van der Waals surface area contributed by atoms with Gasteiger partial charge in [-0.15, -0.1) is 0 Å². The molecule has 22 heavy (non-hydrogen) atoms. The van der Waals surface area contributed by atoms with Crippen LogP contribution in [0.4, 0.5) is 5.69 Å². The predicted molar refractivity (Wildman–Crippen MR) is 84.6 cm³/mol. The summed E-state index contributed by atoms with van der Waals surface area (Å²) in [5.41, 5.74) is 1.69. The Balaban J connectivity index is 1.91. The molecule has 1 aliphatic rings. The lowest BCUT2D eigenvalue weighted by Gasteiger charge is -2.13. The zero-order valence-corrected chi connectivity index (χ0v) is 12.2. The second-order valence-electron chi connectivity index (χ2n) is 4.95. The molecule has 110 valence electrons. The summed E-state index contributed by atoms with van der Waals surface area (Å²) in [4.78, 5) is 25.7. The first-order chi connectivity index (χ1) is 10.5. The normalized spacial score (nSPS) is 16.6. The van der Waals surface area contributed by atoms with Gasteiger partial charge < -0.3 is 5.11 Å². The molecule has 0 spiro atoms. The number of nitrogens with zero attached hydrogens (tertiary/aromatic N) is 1. The van der Waals surface area contributed by atoms with E-state index in [0.29, 0.717) is 16.3 Å². The maximum absolute atomic E-state index is 12.4. The van der Waals surface area contributed by atoms with Crippen molar-refractivity contribution >= 4 is 35.2 Å². The summed E-state index contributed by atoms with van der Waals surface area (Å²) in [6.07, 6.45) is 1.72. The number of rotatable bonds is 2. The molecule has 0 saturated carbocycles. The van der Waals surface area contributed by atoms with Crippen LogP contribution in [0.3, 0.4) is 0 Å². The van der Waals surface area contributed by atoms with Gasteiger partial charge in [-0.2, -0.15) is 0 Å². The highest BCUT2D eigenvalue weighted by molar-refractivity contribution is 6.31. The van der Waals surface area contributed by atoms with Crippen LogP contribution in [0.25, 0.3) is 6.08 Å². The summed E-state index contributed by atoms with van der Waals surface area (Å²) >= 11 is 5.82. The molecule has 1 aliphatic heterocycles. The number of imide groups is 1. The summed E-state index contributed by atoms with van der Waals surface area (Å²) in [7, 11) is 0. The third-order valence-electron chi connectivity index (χ3n) is 3.39. The number of anilines is 1. The van der Waals surface area contributed by atoms with Gasteiger partial charge in [-0.25, -0.2) is 4.90 Å². The molecular formula is C17H12ClNO3. The van der Waals surface area contributed by atoms with Crippen LogP contribution in [-0.2, 0) is 9.59 Å². The van der Waals surface area contributed by atoms with E-state index in [1.54, 1.807) is 42.5 Å². The van der Waals surface area contributed by atoms with E-state index in [2.05, 4.69) is 0 Å². The zero-order valence-electron chi connectivity index (χ0n) is 11.5. The fraction of sp³-hybridized carbons (Fsp3) is 0.0588. The highest BCUT2D eigenvalue weighted by Crippen LogP contribution is 2.28. The van der Waals surface area contributed by atoms with E-state index in [0.717, 1.165) is 10.5 Å². The number of phenols is 1. The second-order valence-corrected chi connectivity index (χ2v) is 5.39. The Morgan fingerprint density at radius 2 is 1.64 bits per heavy atom. The minimum atomic E-state index is -0.333. The molecule has 1 fully saturated rings. The molecule has 1 heterocycles. The van der Waals surface area contributed by atoms with Gasteiger partial charge in [0.1, 0.15) is 5.75 Å². The van der Waals surface area contributed by atoms with E-state index in [1.165, 1.54) is 12.1 Å². The van der Waals surface area contributed by atoms with Crippen molar-refractivity contribution in [2.45, 2.75) is 6.42 Å². The molecule has 4 nitrogen and oxygen atoms in total. The number of hydrogen-bond donors (Lipinski definition) is 1. The third-order valence-corrected chi connectivity index (χ3v) is 3.64. The van der Waals surface area contributed by atoms with Crippen LogP contribution in [0, 0.1) is 0 Å². The molecule has 0 unspecified atom stereocenters. The van der Waals surface area contributed by atoms with Crippen molar-refractivity contribution < 1.29 is 14.7 Å². The molecule has 0 radical (unpaired) electrons. The number of aromatic hydroxyl groups is 1. The van der Waals surface area contributed by atoms with Gasteiger partial charge in [0.25, 0.3) is 5.91 Å². The number of carbonyl (C=O) groups excluding carboxylic acids is 2. The molecule has 0 atom stereocenters. The smallest absolute Gasteiger partial charge is 0.261 e. The Bertz CT molecular complexity index is 763. The molecule has 3 rings (SSSR count). The Morgan fingerprint density at radius 3 is 2.27 bits per heavy atom. The maximum Gasteiger partial charge on any atom is 0.261 e. The Kier molecular flexibility index (Phi) is 3.69. The molecule has 2 aromatic rings. The Labute approximate surface area is 132 Å². The molecule has 0 bridgehead atoms. The molecule has 5 heteroatoms. The van der Waals surface area contributed by atoms with E-state index in [1.807, 2.05) is 0 Å². The third kappa shape index (κ3) is 2.73. The van der Waals surface area contributed by atoms with Gasteiger partial charge in [-0.05, 0) is 48.0 Å². The Hall–Kier alpha value is -2.59.